The summed E-state index contributed by atoms with van der Waals surface area (Å²) in [5, 5.41) is 29.3. The van der Waals surface area contributed by atoms with Crippen molar-refractivity contribution in [2.75, 3.05) is 0 Å². The molecule has 8 nitrogen and oxygen atoms in total. The Kier molecular flexibility index (Phi) is 6.52. The Bertz CT molecular complexity index is 3660. The zero-order valence-electron chi connectivity index (χ0n) is 31.4. The number of para-hydroxylation sites is 4. The van der Waals surface area contributed by atoms with E-state index in [9.17, 15) is 0 Å². The van der Waals surface area contributed by atoms with Crippen molar-refractivity contribution in [2.45, 2.75) is 25.3 Å². The van der Waals surface area contributed by atoms with E-state index >= 15 is 0 Å². The van der Waals surface area contributed by atoms with Gasteiger partial charge in [-0.2, -0.15) is 0 Å². The van der Waals surface area contributed by atoms with Crippen LogP contribution in [0.15, 0.2) is 164 Å². The van der Waals surface area contributed by atoms with Crippen LogP contribution in [0.25, 0.3) is 105 Å². The number of nitrogens with zero attached hydrogens (tertiary/aromatic N) is 8. The van der Waals surface area contributed by atoms with Gasteiger partial charge in [-0.3, -0.25) is 9.13 Å². The minimum atomic E-state index is 0.159. The molecule has 0 N–H and O–H groups in total. The van der Waals surface area contributed by atoms with Crippen LogP contribution in [0.4, 0.5) is 0 Å². The normalized spacial score (nSPS) is 15.8. The van der Waals surface area contributed by atoms with E-state index in [4.69, 9.17) is 20.4 Å². The van der Waals surface area contributed by atoms with Gasteiger partial charge in [0.2, 0.25) is 0 Å². The van der Waals surface area contributed by atoms with Crippen LogP contribution in [-0.4, -0.2) is 38.7 Å². The number of hydrogen-bond donors (Lipinski definition) is 0. The minimum Gasteiger partial charge on any atom is -0.331 e. The van der Waals surface area contributed by atoms with Crippen LogP contribution in [0.5, 0.6) is 0 Å². The molecule has 58 heavy (non-hydrogen) atoms. The summed E-state index contributed by atoms with van der Waals surface area (Å²) in [6, 6.07) is 43.6. The Morgan fingerprint density at radius 3 is 1.40 bits per heavy atom. The van der Waals surface area contributed by atoms with Crippen LogP contribution in [0.1, 0.15) is 25.3 Å². The zero-order valence-corrected chi connectivity index (χ0v) is 31.4. The third-order valence-corrected chi connectivity index (χ3v) is 12.4. The predicted molar refractivity (Wildman–Crippen MR) is 237 cm³/mol. The van der Waals surface area contributed by atoms with Gasteiger partial charge in [0, 0.05) is 54.3 Å². The van der Waals surface area contributed by atoms with E-state index in [-0.39, 0.29) is 6.04 Å². The molecule has 6 aromatic carbocycles. The fraction of sp³-hybridized carbons (Fsp3) is 0.0800. The summed E-state index contributed by atoms with van der Waals surface area (Å²) in [6.45, 7) is 0. The minimum absolute atomic E-state index is 0.159. The van der Waals surface area contributed by atoms with Crippen molar-refractivity contribution < 1.29 is 0 Å². The highest BCUT2D eigenvalue weighted by Crippen LogP contribution is 2.44. The first kappa shape index (κ1) is 31.6. The van der Waals surface area contributed by atoms with E-state index in [1.807, 2.05) is 0 Å². The summed E-state index contributed by atoms with van der Waals surface area (Å²) in [5.41, 5.74) is 9.90. The van der Waals surface area contributed by atoms with Gasteiger partial charge in [-0.1, -0.05) is 134 Å². The van der Waals surface area contributed by atoms with Gasteiger partial charge in [-0.25, -0.2) is 0 Å². The first-order valence-electron chi connectivity index (χ1n) is 20.0. The van der Waals surface area contributed by atoms with Crippen molar-refractivity contribution in [3.63, 3.8) is 0 Å². The molecule has 11 aromatic rings. The largest absolute Gasteiger partial charge is 0.331 e. The molecule has 0 saturated carbocycles. The average Bonchev–Trinajstić information content (AvgIpc) is 4.02. The van der Waals surface area contributed by atoms with Gasteiger partial charge in [0.25, 0.3) is 11.9 Å². The van der Waals surface area contributed by atoms with Crippen LogP contribution in [0.3, 0.4) is 0 Å². The Morgan fingerprint density at radius 1 is 0.414 bits per heavy atom. The Labute approximate surface area is 331 Å². The quantitative estimate of drug-likeness (QED) is 0.180. The highest BCUT2D eigenvalue weighted by atomic mass is 15.4. The van der Waals surface area contributed by atoms with Gasteiger partial charge in [0.1, 0.15) is 0 Å². The smallest absolute Gasteiger partial charge is 0.273 e. The van der Waals surface area contributed by atoms with Crippen LogP contribution in [0.2, 0.25) is 0 Å². The number of rotatable bonds is 4. The first-order chi connectivity index (χ1) is 28.8. The van der Waals surface area contributed by atoms with Gasteiger partial charge < -0.3 is 9.13 Å². The SMILES string of the molecule is C1=CCC(n2c3ccccc3c3ccc4c5ccccc5n(-c5nnc(-n6c7ccccc7c7ccc8c9ccccc9n(C9=CCCC=C9)c8c76)nn5)c4c32)C=C1. The van der Waals surface area contributed by atoms with E-state index in [0.29, 0.717) is 11.9 Å². The van der Waals surface area contributed by atoms with Crippen LogP contribution < -0.4 is 0 Å². The van der Waals surface area contributed by atoms with Gasteiger partial charge in [0.15, 0.2) is 0 Å². The predicted octanol–water partition coefficient (Wildman–Crippen LogP) is 11.9. The summed E-state index contributed by atoms with van der Waals surface area (Å²) in [7, 11) is 0. The van der Waals surface area contributed by atoms with Gasteiger partial charge in [-0.15, -0.1) is 20.4 Å². The molecule has 1 atom stereocenters. The second kappa shape index (κ2) is 12.0. The van der Waals surface area contributed by atoms with E-state index in [1.54, 1.807) is 0 Å². The summed E-state index contributed by atoms with van der Waals surface area (Å²) in [5.74, 6) is 0.849. The molecule has 0 spiro atoms. The van der Waals surface area contributed by atoms with Crippen molar-refractivity contribution in [2.24, 2.45) is 0 Å². The summed E-state index contributed by atoms with van der Waals surface area (Å²) in [6.07, 6.45) is 18.7. The molecule has 8 heteroatoms. The molecule has 0 amide bonds. The molecule has 2 aliphatic rings. The van der Waals surface area contributed by atoms with E-state index in [0.717, 1.165) is 73.9 Å². The number of fused-ring (bicyclic) bond motifs is 14. The van der Waals surface area contributed by atoms with E-state index in [1.165, 1.54) is 38.3 Å². The molecule has 13 rings (SSSR count). The molecule has 5 heterocycles. The maximum absolute atomic E-state index is 4.98. The van der Waals surface area contributed by atoms with Crippen molar-refractivity contribution in [3.8, 4) is 11.9 Å². The number of aromatic nitrogens is 8. The van der Waals surface area contributed by atoms with Crippen LogP contribution in [0, 0.1) is 0 Å². The Balaban J connectivity index is 1.10. The Hall–Kier alpha value is -7.58. The van der Waals surface area contributed by atoms with Gasteiger partial charge in [0.05, 0.1) is 44.7 Å². The van der Waals surface area contributed by atoms with Crippen molar-refractivity contribution >= 4 is 92.9 Å². The monoisotopic (exact) mass is 746 g/mol. The number of hydrogen-bond acceptors (Lipinski definition) is 4. The maximum atomic E-state index is 4.98. The average molecular weight is 747 g/mol. The van der Waals surface area contributed by atoms with Gasteiger partial charge in [-0.05, 0) is 49.6 Å². The van der Waals surface area contributed by atoms with Crippen molar-refractivity contribution in [1.82, 2.24) is 38.7 Å². The molecule has 0 bridgehead atoms. The molecular weight excluding hydrogens is 713 g/mol. The number of benzene rings is 6. The lowest BCUT2D eigenvalue weighted by atomic mass is 10.1. The molecule has 0 saturated heterocycles. The summed E-state index contributed by atoms with van der Waals surface area (Å²) in [4.78, 5) is 0. The number of allylic oxidation sites excluding steroid dienone is 8. The van der Waals surface area contributed by atoms with E-state index < -0.39 is 0 Å². The second-order valence-corrected chi connectivity index (χ2v) is 15.4. The fourth-order valence-electron chi connectivity index (χ4n) is 9.98. The van der Waals surface area contributed by atoms with Crippen molar-refractivity contribution in [1.29, 1.82) is 0 Å². The molecule has 0 aliphatic heterocycles. The molecule has 0 fully saturated rings. The molecular formula is C50H34N8. The maximum Gasteiger partial charge on any atom is 0.273 e. The molecule has 1 unspecified atom stereocenters. The zero-order chi connectivity index (χ0) is 37.9. The highest BCUT2D eigenvalue weighted by Gasteiger charge is 2.26. The van der Waals surface area contributed by atoms with Crippen molar-refractivity contribution in [3.05, 3.63) is 164 Å². The molecule has 2 aliphatic carbocycles. The molecule has 5 aromatic heterocycles. The first-order valence-corrected chi connectivity index (χ1v) is 20.0. The molecule has 274 valence electrons. The van der Waals surface area contributed by atoms with Gasteiger partial charge >= 0.3 is 0 Å². The second-order valence-electron chi connectivity index (χ2n) is 15.4. The lowest BCUT2D eigenvalue weighted by Crippen LogP contribution is -2.11. The lowest BCUT2D eigenvalue weighted by molar-refractivity contribution is 0.648. The standard InChI is InChI=1S/C50H34N8/c1-3-15-31(16-4-1)55-41-23-11-7-19-33(41)37-27-29-39-35-21-9-13-25-43(35)57(47(39)45(37)55)49-51-53-50(54-52-49)58-44-26-14-10-22-36(44)40-30-28-38-34-20-8-12-24-42(34)56(46(38)48(40)58)32-17-5-2-6-18-32/h1,3-5,7-15,17-31H,2,6,16H2. The molecule has 0 radical (unpaired) electrons. The third-order valence-electron chi connectivity index (χ3n) is 12.4. The highest BCUT2D eigenvalue weighted by molar-refractivity contribution is 6.25. The summed E-state index contributed by atoms with van der Waals surface area (Å²) >= 11 is 0. The van der Waals surface area contributed by atoms with Crippen LogP contribution in [-0.2, 0) is 0 Å². The van der Waals surface area contributed by atoms with Crippen LogP contribution >= 0.6 is 0 Å². The third kappa shape index (κ3) is 4.23. The topological polar surface area (TPSA) is 71.3 Å². The fourth-order valence-corrected chi connectivity index (χ4v) is 9.98. The Morgan fingerprint density at radius 2 is 0.879 bits per heavy atom. The van der Waals surface area contributed by atoms with E-state index in [2.05, 4.69) is 182 Å². The summed E-state index contributed by atoms with van der Waals surface area (Å²) < 4.78 is 9.23. The lowest BCUT2D eigenvalue weighted by Gasteiger charge is -2.19.